The summed E-state index contributed by atoms with van der Waals surface area (Å²) in [4.78, 5) is 38.1. The zero-order valence-corrected chi connectivity index (χ0v) is 43.7. The molecule has 0 bridgehead atoms. The van der Waals surface area contributed by atoms with Crippen LogP contribution in [0.15, 0.2) is 194 Å². The van der Waals surface area contributed by atoms with Crippen molar-refractivity contribution in [3.8, 4) is 0 Å². The standard InChI is InChI=1S/C64H92O6/c1-4-7-10-13-16-19-22-25-28-30-32-34-36-39-42-45-48-51-54-57-63(66)69-60-61(59-68-62(65)56-53-50-47-44-41-38-35-27-24-21-18-15-12-9-6-3)70-64(67)58-55-52-49-46-43-40-37-33-31-29-26-23-20-17-14-11-8-5-2/h7,9-37,39,42,61H,4-6,8,38,40-41,43-60H2,1-3H3/b10-7-,12-9-,14-11-,16-13-,18-15-,20-17-,22-19-,24-21-,26-23-,28-25-,31-29-,32-30+,35-27-,36-34-,37-33-,42-39-. The van der Waals surface area contributed by atoms with E-state index in [0.717, 1.165) is 116 Å². The maximum Gasteiger partial charge on any atom is 0.306 e. The second-order valence-corrected chi connectivity index (χ2v) is 16.7. The molecule has 0 fully saturated rings. The van der Waals surface area contributed by atoms with Gasteiger partial charge in [0.15, 0.2) is 6.10 Å². The molecule has 0 radical (unpaired) electrons. The van der Waals surface area contributed by atoms with E-state index in [9.17, 15) is 14.4 Å². The van der Waals surface area contributed by atoms with E-state index in [4.69, 9.17) is 14.2 Å². The van der Waals surface area contributed by atoms with Gasteiger partial charge in [0, 0.05) is 19.3 Å². The second-order valence-electron chi connectivity index (χ2n) is 16.7. The van der Waals surface area contributed by atoms with Gasteiger partial charge in [0.1, 0.15) is 13.2 Å². The molecular formula is C64H92O6. The fraction of sp³-hybridized carbons (Fsp3) is 0.453. The van der Waals surface area contributed by atoms with Gasteiger partial charge in [-0.25, -0.2) is 0 Å². The van der Waals surface area contributed by atoms with E-state index < -0.39 is 6.10 Å². The average Bonchev–Trinajstić information content (AvgIpc) is 3.36. The van der Waals surface area contributed by atoms with Gasteiger partial charge in [-0.15, -0.1) is 0 Å². The van der Waals surface area contributed by atoms with Crippen LogP contribution in [0.3, 0.4) is 0 Å². The summed E-state index contributed by atoms with van der Waals surface area (Å²) < 4.78 is 16.7. The van der Waals surface area contributed by atoms with Gasteiger partial charge < -0.3 is 14.2 Å². The van der Waals surface area contributed by atoms with E-state index in [1.54, 1.807) is 0 Å². The van der Waals surface area contributed by atoms with Gasteiger partial charge >= 0.3 is 17.9 Å². The first-order valence-corrected chi connectivity index (χ1v) is 26.7. The molecule has 0 N–H and O–H groups in total. The van der Waals surface area contributed by atoms with Crippen LogP contribution in [0.5, 0.6) is 0 Å². The van der Waals surface area contributed by atoms with Crippen LogP contribution in [-0.2, 0) is 28.6 Å². The van der Waals surface area contributed by atoms with Gasteiger partial charge in [0.2, 0.25) is 0 Å². The van der Waals surface area contributed by atoms with Crippen LogP contribution in [0, 0.1) is 0 Å². The highest BCUT2D eigenvalue weighted by Crippen LogP contribution is 2.12. The zero-order valence-electron chi connectivity index (χ0n) is 43.7. The van der Waals surface area contributed by atoms with Crippen molar-refractivity contribution in [2.24, 2.45) is 0 Å². The third-order valence-corrected chi connectivity index (χ3v) is 10.2. The first kappa shape index (κ1) is 64.2. The minimum Gasteiger partial charge on any atom is -0.462 e. The smallest absolute Gasteiger partial charge is 0.306 e. The Morgan fingerprint density at radius 1 is 0.300 bits per heavy atom. The summed E-state index contributed by atoms with van der Waals surface area (Å²) in [7, 11) is 0. The van der Waals surface area contributed by atoms with Gasteiger partial charge in [-0.2, -0.15) is 0 Å². The molecule has 0 saturated carbocycles. The Morgan fingerprint density at radius 2 is 0.557 bits per heavy atom. The number of hydrogen-bond donors (Lipinski definition) is 0. The molecule has 0 spiro atoms. The lowest BCUT2D eigenvalue weighted by Crippen LogP contribution is -2.30. The molecule has 1 unspecified atom stereocenters. The molecule has 0 aromatic rings. The Hall–Kier alpha value is -5.75. The molecule has 0 rings (SSSR count). The second kappa shape index (κ2) is 55.8. The molecule has 0 aromatic heterocycles. The van der Waals surface area contributed by atoms with Crippen molar-refractivity contribution in [1.29, 1.82) is 0 Å². The van der Waals surface area contributed by atoms with Crippen LogP contribution in [-0.4, -0.2) is 37.2 Å². The van der Waals surface area contributed by atoms with Gasteiger partial charge in [-0.05, 0) is 77.0 Å². The van der Waals surface area contributed by atoms with Crippen molar-refractivity contribution in [1.82, 2.24) is 0 Å². The summed E-state index contributed by atoms with van der Waals surface area (Å²) in [6, 6.07) is 0. The molecule has 0 amide bonds. The lowest BCUT2D eigenvalue weighted by molar-refractivity contribution is -0.167. The Morgan fingerprint density at radius 3 is 0.886 bits per heavy atom. The van der Waals surface area contributed by atoms with E-state index >= 15 is 0 Å². The molecule has 384 valence electrons. The number of ether oxygens (including phenoxy) is 3. The summed E-state index contributed by atoms with van der Waals surface area (Å²) in [5, 5.41) is 0. The molecule has 0 aliphatic carbocycles. The minimum atomic E-state index is -0.834. The number of unbranched alkanes of at least 4 members (excludes halogenated alkanes) is 14. The van der Waals surface area contributed by atoms with Crippen LogP contribution in [0.1, 0.15) is 168 Å². The molecule has 0 aliphatic rings. The SMILES string of the molecule is CC\C=C/C=C\C=C/C=C\C=C\C=C/C=C\CCCCCC(=O)OCC(COC(=O)CCCCCCC\C=C/C=C\C=C/C=C\CC)OC(=O)CCCCCCC\C=C/C=C\C=C/C=C\C=C/CCC. The Kier molecular flexibility index (Phi) is 51.3. The Bertz CT molecular complexity index is 1760. The quantitative estimate of drug-likeness (QED) is 0.0262. The Labute approximate surface area is 427 Å². The fourth-order valence-corrected chi connectivity index (χ4v) is 6.29. The molecule has 0 aliphatic heterocycles. The normalized spacial score (nSPS) is 13.7. The monoisotopic (exact) mass is 957 g/mol. The molecule has 70 heavy (non-hydrogen) atoms. The number of rotatable bonds is 44. The summed E-state index contributed by atoms with van der Waals surface area (Å²) in [5.41, 5.74) is 0. The molecule has 0 saturated heterocycles. The summed E-state index contributed by atoms with van der Waals surface area (Å²) in [5.74, 6) is -1.04. The van der Waals surface area contributed by atoms with E-state index in [1.165, 1.54) is 6.42 Å². The van der Waals surface area contributed by atoms with E-state index in [2.05, 4.69) is 81.5 Å². The van der Waals surface area contributed by atoms with E-state index in [0.29, 0.717) is 12.8 Å². The molecular weight excluding hydrogens is 865 g/mol. The fourth-order valence-electron chi connectivity index (χ4n) is 6.29. The molecule has 0 aromatic carbocycles. The topological polar surface area (TPSA) is 78.9 Å². The third-order valence-electron chi connectivity index (χ3n) is 10.2. The van der Waals surface area contributed by atoms with Gasteiger partial charge in [-0.3, -0.25) is 14.4 Å². The summed E-state index contributed by atoms with van der Waals surface area (Å²) in [6.07, 6.45) is 85.4. The predicted molar refractivity (Wildman–Crippen MR) is 301 cm³/mol. The minimum absolute atomic E-state index is 0.128. The number of hydrogen-bond acceptors (Lipinski definition) is 6. The first-order valence-electron chi connectivity index (χ1n) is 26.7. The van der Waals surface area contributed by atoms with Gasteiger partial charge in [0.05, 0.1) is 0 Å². The lowest BCUT2D eigenvalue weighted by atomic mass is 10.1. The number of esters is 3. The van der Waals surface area contributed by atoms with E-state index in [1.807, 2.05) is 134 Å². The third kappa shape index (κ3) is 53.2. The van der Waals surface area contributed by atoms with Crippen LogP contribution in [0.2, 0.25) is 0 Å². The highest BCUT2D eigenvalue weighted by Gasteiger charge is 2.19. The van der Waals surface area contributed by atoms with Crippen LogP contribution in [0.4, 0.5) is 0 Å². The maximum absolute atomic E-state index is 12.8. The summed E-state index contributed by atoms with van der Waals surface area (Å²) in [6.45, 7) is 6.15. The lowest BCUT2D eigenvalue weighted by Gasteiger charge is -2.18. The van der Waals surface area contributed by atoms with Crippen LogP contribution < -0.4 is 0 Å². The largest absolute Gasteiger partial charge is 0.462 e. The Balaban J connectivity index is 4.65. The van der Waals surface area contributed by atoms with Crippen LogP contribution in [0.25, 0.3) is 0 Å². The van der Waals surface area contributed by atoms with Gasteiger partial charge in [-0.1, -0.05) is 267 Å². The van der Waals surface area contributed by atoms with Crippen LogP contribution >= 0.6 is 0 Å². The maximum atomic E-state index is 12.8. The first-order chi connectivity index (χ1) is 34.5. The molecule has 0 heterocycles. The van der Waals surface area contributed by atoms with Crippen molar-refractivity contribution in [3.63, 3.8) is 0 Å². The highest BCUT2D eigenvalue weighted by molar-refractivity contribution is 5.71. The van der Waals surface area contributed by atoms with Crippen molar-refractivity contribution in [2.75, 3.05) is 13.2 Å². The van der Waals surface area contributed by atoms with Crippen molar-refractivity contribution in [3.05, 3.63) is 194 Å². The van der Waals surface area contributed by atoms with Crippen molar-refractivity contribution in [2.45, 2.75) is 175 Å². The van der Waals surface area contributed by atoms with Crippen molar-refractivity contribution >= 4 is 17.9 Å². The number of allylic oxidation sites excluding steroid dienone is 32. The molecule has 6 heteroatoms. The average molecular weight is 957 g/mol. The predicted octanol–water partition coefficient (Wildman–Crippen LogP) is 17.9. The van der Waals surface area contributed by atoms with E-state index in [-0.39, 0.29) is 44.0 Å². The molecule has 6 nitrogen and oxygen atoms in total. The number of carbonyl (C=O) groups is 3. The molecule has 1 atom stereocenters. The van der Waals surface area contributed by atoms with Crippen molar-refractivity contribution < 1.29 is 28.6 Å². The summed E-state index contributed by atoms with van der Waals surface area (Å²) >= 11 is 0. The zero-order chi connectivity index (χ0) is 50.7. The number of carbonyl (C=O) groups excluding carboxylic acids is 3. The van der Waals surface area contributed by atoms with Gasteiger partial charge in [0.25, 0.3) is 0 Å². The highest BCUT2D eigenvalue weighted by atomic mass is 16.6.